The van der Waals surface area contributed by atoms with E-state index in [0.29, 0.717) is 12.1 Å². The molecule has 1 heterocycles. The molecule has 2 aliphatic carbocycles. The number of carbonyl (C=O) groups is 1. The van der Waals surface area contributed by atoms with E-state index in [2.05, 4.69) is 10.4 Å². The molecule has 0 saturated heterocycles. The summed E-state index contributed by atoms with van der Waals surface area (Å²) in [7, 11) is 2.01. The van der Waals surface area contributed by atoms with Crippen LogP contribution < -0.4 is 5.32 Å². The summed E-state index contributed by atoms with van der Waals surface area (Å²) in [5.41, 5.74) is 2.74. The number of aliphatic carboxylic acids is 1. The highest BCUT2D eigenvalue weighted by Crippen LogP contribution is 2.27. The molecule has 1 aromatic rings. The van der Waals surface area contributed by atoms with Crippen LogP contribution in [0.4, 0.5) is 0 Å². The number of carboxylic acids is 1. The lowest BCUT2D eigenvalue weighted by Gasteiger charge is -2.32. The molecule has 20 heavy (non-hydrogen) atoms. The van der Waals surface area contributed by atoms with Crippen LogP contribution >= 0.6 is 0 Å². The molecule has 0 aromatic carbocycles. The third kappa shape index (κ3) is 2.73. The first-order valence-electron chi connectivity index (χ1n) is 7.62. The van der Waals surface area contributed by atoms with Crippen LogP contribution in [-0.4, -0.2) is 32.9 Å². The van der Waals surface area contributed by atoms with E-state index in [1.54, 1.807) is 0 Å². The highest BCUT2D eigenvalue weighted by molar-refractivity contribution is 5.70. The molecule has 110 valence electrons. The van der Waals surface area contributed by atoms with Crippen LogP contribution in [0.25, 0.3) is 0 Å². The van der Waals surface area contributed by atoms with Crippen molar-refractivity contribution in [2.24, 2.45) is 13.0 Å². The third-order valence-electron chi connectivity index (χ3n) is 4.90. The van der Waals surface area contributed by atoms with E-state index >= 15 is 0 Å². The molecule has 2 N–H and O–H groups in total. The number of aromatic nitrogens is 2. The molecule has 0 spiro atoms. The average molecular weight is 277 g/mol. The standard InChI is InChI=1S/C15H23N3O2/c1-18-14-8-13(7-4-11(14)9-16-18)17-12-5-2-10(3-6-12)15(19)20/h9-10,12-13,17H,2-8H2,1H3,(H,19,20). The van der Waals surface area contributed by atoms with Crippen molar-refractivity contribution in [1.82, 2.24) is 15.1 Å². The van der Waals surface area contributed by atoms with Gasteiger partial charge in [0.05, 0.1) is 12.1 Å². The van der Waals surface area contributed by atoms with Gasteiger partial charge in [0.2, 0.25) is 0 Å². The van der Waals surface area contributed by atoms with Crippen LogP contribution in [0.1, 0.15) is 43.4 Å². The summed E-state index contributed by atoms with van der Waals surface area (Å²) < 4.78 is 1.99. The monoisotopic (exact) mass is 277 g/mol. The number of nitrogens with zero attached hydrogens (tertiary/aromatic N) is 2. The van der Waals surface area contributed by atoms with Gasteiger partial charge in [-0.15, -0.1) is 0 Å². The quantitative estimate of drug-likeness (QED) is 0.879. The number of rotatable bonds is 3. The van der Waals surface area contributed by atoms with Crippen LogP contribution in [-0.2, 0) is 24.7 Å². The van der Waals surface area contributed by atoms with Gasteiger partial charge in [-0.2, -0.15) is 5.10 Å². The summed E-state index contributed by atoms with van der Waals surface area (Å²) >= 11 is 0. The second-order valence-electron chi connectivity index (χ2n) is 6.23. The van der Waals surface area contributed by atoms with Crippen LogP contribution in [0, 0.1) is 5.92 Å². The van der Waals surface area contributed by atoms with Crippen LogP contribution in [0.2, 0.25) is 0 Å². The summed E-state index contributed by atoms with van der Waals surface area (Å²) in [6.45, 7) is 0. The first-order chi connectivity index (χ1) is 9.63. The summed E-state index contributed by atoms with van der Waals surface area (Å²) in [6.07, 6.45) is 8.92. The molecule has 5 heteroatoms. The Bertz CT molecular complexity index is 489. The fourth-order valence-corrected chi connectivity index (χ4v) is 3.63. The highest BCUT2D eigenvalue weighted by atomic mass is 16.4. The van der Waals surface area contributed by atoms with Gasteiger partial charge >= 0.3 is 5.97 Å². The lowest BCUT2D eigenvalue weighted by molar-refractivity contribution is -0.142. The average Bonchev–Trinajstić information content (AvgIpc) is 2.81. The lowest BCUT2D eigenvalue weighted by Crippen LogP contribution is -2.44. The molecule has 0 radical (unpaired) electrons. The topological polar surface area (TPSA) is 67.2 Å². The Morgan fingerprint density at radius 2 is 2.05 bits per heavy atom. The second-order valence-corrected chi connectivity index (χ2v) is 6.23. The molecule has 5 nitrogen and oxygen atoms in total. The first kappa shape index (κ1) is 13.6. The number of fused-ring (bicyclic) bond motifs is 1. The molecule has 0 amide bonds. The van der Waals surface area contributed by atoms with Gasteiger partial charge in [0.1, 0.15) is 0 Å². The summed E-state index contributed by atoms with van der Waals surface area (Å²) in [4.78, 5) is 11.0. The Morgan fingerprint density at radius 3 is 2.75 bits per heavy atom. The number of hydrogen-bond acceptors (Lipinski definition) is 3. The van der Waals surface area contributed by atoms with Crippen LogP contribution in [0.3, 0.4) is 0 Å². The minimum atomic E-state index is -0.624. The van der Waals surface area contributed by atoms with E-state index < -0.39 is 5.97 Å². The van der Waals surface area contributed by atoms with Gasteiger partial charge in [-0.3, -0.25) is 9.48 Å². The minimum absolute atomic E-state index is 0.122. The zero-order chi connectivity index (χ0) is 14.1. The molecule has 1 saturated carbocycles. The van der Waals surface area contributed by atoms with Crippen molar-refractivity contribution in [3.8, 4) is 0 Å². The SMILES string of the molecule is Cn1ncc2c1CC(NC1CCC(C(=O)O)CC1)CC2. The Labute approximate surface area is 119 Å². The van der Waals surface area contributed by atoms with Gasteiger partial charge in [0.15, 0.2) is 0 Å². The Kier molecular flexibility index (Phi) is 3.78. The molecule has 3 rings (SSSR count). The Morgan fingerprint density at radius 1 is 1.30 bits per heavy atom. The van der Waals surface area contributed by atoms with E-state index in [1.165, 1.54) is 11.3 Å². The van der Waals surface area contributed by atoms with E-state index in [-0.39, 0.29) is 5.92 Å². The largest absolute Gasteiger partial charge is 0.481 e. The van der Waals surface area contributed by atoms with Crippen molar-refractivity contribution in [3.05, 3.63) is 17.5 Å². The van der Waals surface area contributed by atoms with Crippen LogP contribution in [0.5, 0.6) is 0 Å². The van der Waals surface area contributed by atoms with Gasteiger partial charge < -0.3 is 10.4 Å². The van der Waals surface area contributed by atoms with E-state index in [0.717, 1.165) is 44.9 Å². The summed E-state index contributed by atoms with van der Waals surface area (Å²) in [6, 6.07) is 1.01. The molecule has 1 unspecified atom stereocenters. The maximum absolute atomic E-state index is 11.0. The zero-order valence-electron chi connectivity index (χ0n) is 12.0. The predicted molar refractivity (Wildman–Crippen MR) is 75.5 cm³/mol. The van der Waals surface area contributed by atoms with Crippen molar-refractivity contribution in [1.29, 1.82) is 0 Å². The molecular formula is C15H23N3O2. The van der Waals surface area contributed by atoms with Crippen molar-refractivity contribution in [2.45, 2.75) is 57.0 Å². The lowest BCUT2D eigenvalue weighted by atomic mass is 9.85. The third-order valence-corrected chi connectivity index (χ3v) is 4.90. The Hall–Kier alpha value is -1.36. The molecule has 0 aliphatic heterocycles. The van der Waals surface area contributed by atoms with Gasteiger partial charge in [0, 0.05) is 31.2 Å². The first-order valence-corrected chi connectivity index (χ1v) is 7.62. The zero-order valence-corrected chi connectivity index (χ0v) is 12.0. The second kappa shape index (κ2) is 5.56. The number of aryl methyl sites for hydroxylation is 2. The predicted octanol–water partition coefficient (Wildman–Crippen LogP) is 1.51. The number of nitrogens with one attached hydrogen (secondary N) is 1. The fourth-order valence-electron chi connectivity index (χ4n) is 3.63. The van der Waals surface area contributed by atoms with Crippen molar-refractivity contribution >= 4 is 5.97 Å². The summed E-state index contributed by atoms with van der Waals surface area (Å²) in [5.74, 6) is -0.747. The van der Waals surface area contributed by atoms with E-state index in [1.807, 2.05) is 17.9 Å². The summed E-state index contributed by atoms with van der Waals surface area (Å²) in [5, 5.41) is 17.1. The molecule has 1 fully saturated rings. The van der Waals surface area contributed by atoms with Gasteiger partial charge in [0.25, 0.3) is 0 Å². The molecular weight excluding hydrogens is 254 g/mol. The van der Waals surface area contributed by atoms with Crippen molar-refractivity contribution < 1.29 is 9.90 Å². The van der Waals surface area contributed by atoms with Gasteiger partial charge in [-0.25, -0.2) is 0 Å². The van der Waals surface area contributed by atoms with E-state index in [4.69, 9.17) is 5.11 Å². The van der Waals surface area contributed by atoms with Crippen LogP contribution in [0.15, 0.2) is 6.20 Å². The normalized spacial score (nSPS) is 29.9. The van der Waals surface area contributed by atoms with Crippen molar-refractivity contribution in [2.75, 3.05) is 0 Å². The van der Waals surface area contributed by atoms with Crippen molar-refractivity contribution in [3.63, 3.8) is 0 Å². The minimum Gasteiger partial charge on any atom is -0.481 e. The maximum Gasteiger partial charge on any atom is 0.306 e. The number of carboxylic acid groups (broad SMARTS) is 1. The maximum atomic E-state index is 11.0. The molecule has 1 aromatic heterocycles. The number of hydrogen-bond donors (Lipinski definition) is 2. The molecule has 1 atom stereocenters. The van der Waals surface area contributed by atoms with Gasteiger partial charge in [-0.05, 0) is 44.1 Å². The Balaban J connectivity index is 1.53. The fraction of sp³-hybridized carbons (Fsp3) is 0.733. The highest BCUT2D eigenvalue weighted by Gasteiger charge is 2.28. The molecule has 2 aliphatic rings. The molecule has 0 bridgehead atoms. The van der Waals surface area contributed by atoms with Gasteiger partial charge in [-0.1, -0.05) is 0 Å². The van der Waals surface area contributed by atoms with E-state index in [9.17, 15) is 4.79 Å². The smallest absolute Gasteiger partial charge is 0.306 e.